The Morgan fingerprint density at radius 1 is 1.60 bits per heavy atom. The highest BCUT2D eigenvalue weighted by atomic mass is 16.5. The molecule has 0 aromatic heterocycles. The molecular formula is C12H12O3. The first kappa shape index (κ1) is 11.1. The lowest BCUT2D eigenvalue weighted by molar-refractivity contribution is 0.0696. The highest BCUT2D eigenvalue weighted by Crippen LogP contribution is 2.20. The second kappa shape index (κ2) is 5.06. The summed E-state index contributed by atoms with van der Waals surface area (Å²) in [7, 11) is 0. The molecule has 0 atom stereocenters. The van der Waals surface area contributed by atoms with Crippen molar-refractivity contribution in [1.29, 1.82) is 0 Å². The first-order chi connectivity index (χ1) is 7.19. The maximum Gasteiger partial charge on any atom is 0.335 e. The molecule has 0 spiro atoms. The maximum atomic E-state index is 10.7. The molecule has 78 valence electrons. The molecule has 15 heavy (non-hydrogen) atoms. The molecule has 1 N–H and O–H groups in total. The van der Waals surface area contributed by atoms with Gasteiger partial charge in [0.05, 0.1) is 5.56 Å². The van der Waals surface area contributed by atoms with E-state index in [-0.39, 0.29) is 12.2 Å². The van der Waals surface area contributed by atoms with Crippen molar-refractivity contribution >= 4 is 5.97 Å². The number of terminal acetylenes is 1. The number of benzene rings is 1. The Morgan fingerprint density at radius 2 is 2.33 bits per heavy atom. The van der Waals surface area contributed by atoms with Crippen LogP contribution in [0.25, 0.3) is 0 Å². The standard InChI is InChI=1S/C12H12O3/c1-3-7-15-11-6-5-10(12(13)14)8-9(11)4-2/h1,5-6,8H,4,7H2,2H3,(H,13,14). The monoisotopic (exact) mass is 204 g/mol. The van der Waals surface area contributed by atoms with Crippen molar-refractivity contribution in [2.24, 2.45) is 0 Å². The van der Waals surface area contributed by atoms with Gasteiger partial charge in [-0.2, -0.15) is 0 Å². The van der Waals surface area contributed by atoms with Crippen LogP contribution in [-0.4, -0.2) is 17.7 Å². The Morgan fingerprint density at radius 3 is 2.87 bits per heavy atom. The van der Waals surface area contributed by atoms with Gasteiger partial charge in [-0.25, -0.2) is 4.79 Å². The lowest BCUT2D eigenvalue weighted by Gasteiger charge is -2.08. The summed E-state index contributed by atoms with van der Waals surface area (Å²) >= 11 is 0. The summed E-state index contributed by atoms with van der Waals surface area (Å²) in [5.74, 6) is 2.08. The van der Waals surface area contributed by atoms with E-state index in [0.717, 1.165) is 5.56 Å². The van der Waals surface area contributed by atoms with Gasteiger partial charge in [0, 0.05) is 0 Å². The van der Waals surface area contributed by atoms with Crippen molar-refractivity contribution in [3.63, 3.8) is 0 Å². The number of carboxylic acid groups (broad SMARTS) is 1. The van der Waals surface area contributed by atoms with Crippen molar-refractivity contribution in [2.75, 3.05) is 6.61 Å². The molecule has 3 heteroatoms. The zero-order valence-electron chi connectivity index (χ0n) is 8.49. The van der Waals surface area contributed by atoms with Gasteiger partial charge in [-0.05, 0) is 30.2 Å². The Bertz CT molecular complexity index is 402. The minimum atomic E-state index is -0.937. The summed E-state index contributed by atoms with van der Waals surface area (Å²) < 4.78 is 5.28. The molecule has 0 bridgehead atoms. The first-order valence-electron chi connectivity index (χ1n) is 4.61. The minimum Gasteiger partial charge on any atom is -0.481 e. The van der Waals surface area contributed by atoms with Gasteiger partial charge in [-0.15, -0.1) is 6.42 Å². The van der Waals surface area contributed by atoms with Crippen LogP contribution in [-0.2, 0) is 6.42 Å². The van der Waals surface area contributed by atoms with E-state index in [2.05, 4.69) is 5.92 Å². The lowest BCUT2D eigenvalue weighted by atomic mass is 10.1. The number of ether oxygens (including phenoxy) is 1. The average molecular weight is 204 g/mol. The normalized spacial score (nSPS) is 9.33. The molecule has 0 saturated heterocycles. The van der Waals surface area contributed by atoms with Crippen LogP contribution in [0, 0.1) is 12.3 Å². The summed E-state index contributed by atoms with van der Waals surface area (Å²) in [6, 6.07) is 4.75. The van der Waals surface area contributed by atoms with Gasteiger partial charge in [0.15, 0.2) is 0 Å². The predicted octanol–water partition coefficient (Wildman–Crippen LogP) is 1.96. The maximum absolute atomic E-state index is 10.7. The van der Waals surface area contributed by atoms with E-state index < -0.39 is 5.97 Å². The van der Waals surface area contributed by atoms with Crippen molar-refractivity contribution < 1.29 is 14.6 Å². The third-order valence-corrected chi connectivity index (χ3v) is 2.00. The highest BCUT2D eigenvalue weighted by Gasteiger charge is 2.07. The van der Waals surface area contributed by atoms with Crippen LogP contribution in [0.1, 0.15) is 22.8 Å². The fraction of sp³-hybridized carbons (Fsp3) is 0.250. The molecule has 0 amide bonds. The summed E-state index contributed by atoms with van der Waals surface area (Å²) in [6.45, 7) is 2.13. The zero-order chi connectivity index (χ0) is 11.3. The molecule has 0 fully saturated rings. The van der Waals surface area contributed by atoms with Crippen molar-refractivity contribution in [1.82, 2.24) is 0 Å². The molecular weight excluding hydrogens is 192 g/mol. The quantitative estimate of drug-likeness (QED) is 0.762. The van der Waals surface area contributed by atoms with Gasteiger partial charge in [0.2, 0.25) is 0 Å². The van der Waals surface area contributed by atoms with E-state index >= 15 is 0 Å². The van der Waals surface area contributed by atoms with Gasteiger partial charge in [0.1, 0.15) is 12.4 Å². The molecule has 0 radical (unpaired) electrons. The van der Waals surface area contributed by atoms with Crippen LogP contribution in [0.2, 0.25) is 0 Å². The van der Waals surface area contributed by atoms with Crippen LogP contribution in [0.3, 0.4) is 0 Å². The minimum absolute atomic E-state index is 0.194. The van der Waals surface area contributed by atoms with Crippen LogP contribution in [0.4, 0.5) is 0 Å². The second-order valence-corrected chi connectivity index (χ2v) is 2.97. The molecule has 0 aliphatic carbocycles. The van der Waals surface area contributed by atoms with E-state index in [0.29, 0.717) is 12.2 Å². The number of aryl methyl sites for hydroxylation is 1. The number of hydrogen-bond acceptors (Lipinski definition) is 2. The third-order valence-electron chi connectivity index (χ3n) is 2.00. The van der Waals surface area contributed by atoms with Crippen LogP contribution in [0.15, 0.2) is 18.2 Å². The Hall–Kier alpha value is -1.95. The number of aromatic carboxylic acids is 1. The van der Waals surface area contributed by atoms with E-state index in [1.54, 1.807) is 12.1 Å². The smallest absolute Gasteiger partial charge is 0.335 e. The second-order valence-electron chi connectivity index (χ2n) is 2.97. The predicted molar refractivity (Wildman–Crippen MR) is 57.1 cm³/mol. The first-order valence-corrected chi connectivity index (χ1v) is 4.61. The van der Waals surface area contributed by atoms with E-state index in [9.17, 15) is 4.79 Å². The molecule has 0 aliphatic heterocycles. The van der Waals surface area contributed by atoms with E-state index in [4.69, 9.17) is 16.3 Å². The molecule has 1 aromatic rings. The van der Waals surface area contributed by atoms with E-state index in [1.165, 1.54) is 6.07 Å². The van der Waals surface area contributed by atoms with Crippen molar-refractivity contribution in [2.45, 2.75) is 13.3 Å². The van der Waals surface area contributed by atoms with Crippen molar-refractivity contribution in [3.05, 3.63) is 29.3 Å². The third kappa shape index (κ3) is 2.75. The summed E-state index contributed by atoms with van der Waals surface area (Å²) in [6.07, 6.45) is 5.79. The molecule has 1 aromatic carbocycles. The van der Waals surface area contributed by atoms with Gasteiger partial charge in [-0.3, -0.25) is 0 Å². The van der Waals surface area contributed by atoms with Crippen LogP contribution < -0.4 is 4.74 Å². The molecule has 0 saturated carbocycles. The van der Waals surface area contributed by atoms with Gasteiger partial charge >= 0.3 is 5.97 Å². The van der Waals surface area contributed by atoms with Gasteiger partial charge < -0.3 is 9.84 Å². The summed E-state index contributed by atoms with van der Waals surface area (Å²) in [5, 5.41) is 8.80. The molecule has 0 heterocycles. The average Bonchev–Trinajstić information content (AvgIpc) is 2.25. The highest BCUT2D eigenvalue weighted by molar-refractivity contribution is 5.88. The zero-order valence-corrected chi connectivity index (χ0v) is 8.49. The Balaban J connectivity index is 2.99. The van der Waals surface area contributed by atoms with Gasteiger partial charge in [-0.1, -0.05) is 12.8 Å². The molecule has 1 rings (SSSR count). The Labute approximate surface area is 88.7 Å². The summed E-state index contributed by atoms with van der Waals surface area (Å²) in [4.78, 5) is 10.7. The summed E-state index contributed by atoms with van der Waals surface area (Å²) in [5.41, 5.74) is 1.12. The molecule has 3 nitrogen and oxygen atoms in total. The number of carbonyl (C=O) groups is 1. The Kier molecular flexibility index (Phi) is 3.75. The largest absolute Gasteiger partial charge is 0.481 e. The number of hydrogen-bond donors (Lipinski definition) is 1. The topological polar surface area (TPSA) is 46.5 Å². The SMILES string of the molecule is C#CCOc1ccc(C(=O)O)cc1CC. The van der Waals surface area contributed by atoms with Gasteiger partial charge in [0.25, 0.3) is 0 Å². The van der Waals surface area contributed by atoms with Crippen molar-refractivity contribution in [3.8, 4) is 18.1 Å². The number of rotatable bonds is 4. The van der Waals surface area contributed by atoms with Crippen LogP contribution >= 0.6 is 0 Å². The number of carboxylic acids is 1. The molecule has 0 aliphatic rings. The lowest BCUT2D eigenvalue weighted by Crippen LogP contribution is -2.01. The van der Waals surface area contributed by atoms with Crippen LogP contribution in [0.5, 0.6) is 5.75 Å². The van der Waals surface area contributed by atoms with E-state index in [1.807, 2.05) is 6.92 Å². The fourth-order valence-corrected chi connectivity index (χ4v) is 1.25. The molecule has 0 unspecified atom stereocenters. The fourth-order valence-electron chi connectivity index (χ4n) is 1.25.